The van der Waals surface area contributed by atoms with Crippen molar-refractivity contribution in [1.29, 1.82) is 0 Å². The summed E-state index contributed by atoms with van der Waals surface area (Å²) in [7, 11) is 2.02. The van der Waals surface area contributed by atoms with Crippen LogP contribution in [0.1, 0.15) is 37.7 Å². The van der Waals surface area contributed by atoms with Gasteiger partial charge in [-0.3, -0.25) is 4.90 Å². The van der Waals surface area contributed by atoms with Gasteiger partial charge in [0.15, 0.2) is 6.04 Å². The molecule has 1 saturated carbocycles. The van der Waals surface area contributed by atoms with E-state index in [1.54, 1.807) is 4.90 Å². The van der Waals surface area contributed by atoms with E-state index in [4.69, 9.17) is 0 Å². The molecule has 2 aliphatic heterocycles. The second kappa shape index (κ2) is 11.4. The molecule has 9 nitrogen and oxygen atoms in total. The number of aromatic nitrogens is 1. The molecule has 7 rings (SSSR count). The van der Waals surface area contributed by atoms with Gasteiger partial charge in [-0.2, -0.15) is 0 Å². The van der Waals surface area contributed by atoms with Gasteiger partial charge in [-0.15, -0.1) is 0 Å². The Morgan fingerprint density at radius 3 is 2.09 bits per heavy atom. The summed E-state index contributed by atoms with van der Waals surface area (Å²) in [6.07, 6.45) is 6.05. The van der Waals surface area contributed by atoms with Crippen molar-refractivity contribution in [3.05, 3.63) is 96.7 Å². The molecule has 1 aliphatic carbocycles. The molecule has 3 aromatic carbocycles. The maximum absolute atomic E-state index is 14.5. The Bertz CT molecular complexity index is 1650. The third kappa shape index (κ3) is 4.96. The standard InChI is InChI=1S/C35H37N5O4/c1-36-21-24(29-16-8-9-17-30(29)36)22-37(25-19-20-25)34(43)40-28-15-10-18-31(40)32(33(41)42)38(23-28)35(44)39(26-11-4-2-5-12-26)27-13-6-3-7-14-27/h2-9,11-14,16-17,21,25,28,31-32H,10,15,18-20,22-23H2,1H3,(H,41,42)/t28-,31+,32-/m0/s1. The molecule has 4 aromatic rings. The van der Waals surface area contributed by atoms with Crippen LogP contribution in [0, 0.1) is 0 Å². The summed E-state index contributed by atoms with van der Waals surface area (Å²) in [5.74, 6) is -1.09. The van der Waals surface area contributed by atoms with Gasteiger partial charge in [-0.1, -0.05) is 54.6 Å². The summed E-state index contributed by atoms with van der Waals surface area (Å²) in [4.78, 5) is 48.8. The number of para-hydroxylation sites is 3. The van der Waals surface area contributed by atoms with Gasteiger partial charge in [0.2, 0.25) is 0 Å². The molecule has 3 atom stereocenters. The fourth-order valence-electron chi connectivity index (χ4n) is 7.22. The minimum atomic E-state index is -1.16. The Kier molecular flexibility index (Phi) is 7.24. The molecule has 0 spiro atoms. The van der Waals surface area contributed by atoms with E-state index in [1.807, 2.05) is 89.6 Å². The average molecular weight is 592 g/mol. The number of fused-ring (bicyclic) bond motifs is 3. The summed E-state index contributed by atoms with van der Waals surface area (Å²) in [5.41, 5.74) is 3.51. The Morgan fingerprint density at radius 2 is 1.45 bits per heavy atom. The van der Waals surface area contributed by atoms with E-state index >= 15 is 0 Å². The SMILES string of the molecule is Cn1cc(CN(C(=O)N2[C@H]3CCC[C@@H]2[C@@H](C(=O)O)N(C(=O)N(c2ccccc2)c2ccccc2)C3)C2CC2)c2ccccc21. The van der Waals surface area contributed by atoms with Gasteiger partial charge in [0.1, 0.15) is 0 Å². The molecule has 1 aromatic heterocycles. The number of nitrogens with zero attached hydrogens (tertiary/aromatic N) is 5. The van der Waals surface area contributed by atoms with Crippen molar-refractivity contribution < 1.29 is 19.5 Å². The highest BCUT2D eigenvalue weighted by atomic mass is 16.4. The number of carbonyl (C=O) groups is 3. The number of carboxylic acids is 1. The minimum Gasteiger partial charge on any atom is -0.480 e. The molecule has 2 saturated heterocycles. The van der Waals surface area contributed by atoms with E-state index in [1.165, 1.54) is 4.90 Å². The van der Waals surface area contributed by atoms with Crippen molar-refractivity contribution in [3.8, 4) is 0 Å². The molecule has 1 N–H and O–H groups in total. The Balaban J connectivity index is 1.21. The average Bonchev–Trinajstić information content (AvgIpc) is 3.83. The Labute approximate surface area is 256 Å². The van der Waals surface area contributed by atoms with E-state index in [0.29, 0.717) is 24.3 Å². The zero-order valence-corrected chi connectivity index (χ0v) is 24.8. The first-order valence-electron chi connectivity index (χ1n) is 15.5. The number of anilines is 2. The zero-order chi connectivity index (χ0) is 30.4. The first kappa shape index (κ1) is 28.0. The lowest BCUT2D eigenvalue weighted by Gasteiger charge is -2.54. The summed E-state index contributed by atoms with van der Waals surface area (Å²) in [6, 6.07) is 24.4. The molecule has 3 aliphatic rings. The maximum atomic E-state index is 14.5. The summed E-state index contributed by atoms with van der Waals surface area (Å²) < 4.78 is 2.09. The van der Waals surface area contributed by atoms with Crippen LogP contribution in [0.15, 0.2) is 91.1 Å². The number of hydrogen-bond acceptors (Lipinski definition) is 3. The van der Waals surface area contributed by atoms with E-state index in [-0.39, 0.29) is 24.7 Å². The molecule has 44 heavy (non-hydrogen) atoms. The van der Waals surface area contributed by atoms with Crippen LogP contribution in [-0.2, 0) is 18.4 Å². The van der Waals surface area contributed by atoms with Crippen LogP contribution in [0.3, 0.4) is 0 Å². The van der Waals surface area contributed by atoms with Crippen molar-refractivity contribution in [2.45, 2.75) is 62.8 Å². The van der Waals surface area contributed by atoms with Crippen molar-refractivity contribution in [2.24, 2.45) is 7.05 Å². The molecule has 0 radical (unpaired) electrons. The number of rotatable bonds is 6. The first-order chi connectivity index (χ1) is 21.4. The van der Waals surface area contributed by atoms with Crippen LogP contribution in [0.25, 0.3) is 10.9 Å². The first-order valence-corrected chi connectivity index (χ1v) is 15.5. The van der Waals surface area contributed by atoms with Crippen molar-refractivity contribution in [3.63, 3.8) is 0 Å². The smallest absolute Gasteiger partial charge is 0.329 e. The predicted molar refractivity (Wildman–Crippen MR) is 169 cm³/mol. The van der Waals surface area contributed by atoms with Gasteiger partial charge in [-0.25, -0.2) is 14.4 Å². The molecule has 2 bridgehead atoms. The van der Waals surface area contributed by atoms with Gasteiger partial charge in [0.05, 0.1) is 23.5 Å². The van der Waals surface area contributed by atoms with Crippen molar-refractivity contribution >= 4 is 40.3 Å². The van der Waals surface area contributed by atoms with Crippen LogP contribution in [0.2, 0.25) is 0 Å². The van der Waals surface area contributed by atoms with E-state index in [2.05, 4.69) is 22.9 Å². The van der Waals surface area contributed by atoms with E-state index in [9.17, 15) is 19.5 Å². The third-order valence-electron chi connectivity index (χ3n) is 9.39. The van der Waals surface area contributed by atoms with Gasteiger partial charge < -0.3 is 24.4 Å². The number of carbonyl (C=O) groups excluding carboxylic acids is 2. The Morgan fingerprint density at radius 1 is 0.818 bits per heavy atom. The number of piperazine rings is 1. The molecule has 3 fully saturated rings. The summed E-state index contributed by atoms with van der Waals surface area (Å²) in [5, 5.41) is 11.8. The van der Waals surface area contributed by atoms with Gasteiger partial charge in [0.25, 0.3) is 0 Å². The van der Waals surface area contributed by atoms with Crippen LogP contribution in [-0.4, -0.2) is 73.1 Å². The number of urea groups is 2. The van der Waals surface area contributed by atoms with E-state index < -0.39 is 24.1 Å². The highest BCUT2D eigenvalue weighted by molar-refractivity contribution is 6.01. The molecule has 3 heterocycles. The highest BCUT2D eigenvalue weighted by Gasteiger charge is 2.53. The van der Waals surface area contributed by atoms with Crippen LogP contribution < -0.4 is 4.90 Å². The number of amides is 4. The number of likely N-dealkylation sites (tertiary alicyclic amines) is 1. The molecule has 226 valence electrons. The zero-order valence-electron chi connectivity index (χ0n) is 24.8. The van der Waals surface area contributed by atoms with Crippen LogP contribution >= 0.6 is 0 Å². The van der Waals surface area contributed by atoms with Crippen LogP contribution in [0.4, 0.5) is 21.0 Å². The molecular weight excluding hydrogens is 554 g/mol. The number of aliphatic carboxylic acids is 1. The molecule has 9 heteroatoms. The number of benzene rings is 3. The number of carboxylic acid groups (broad SMARTS) is 1. The lowest BCUT2D eigenvalue weighted by Crippen LogP contribution is -2.72. The fourth-order valence-corrected chi connectivity index (χ4v) is 7.22. The summed E-state index contributed by atoms with van der Waals surface area (Å²) in [6.45, 7) is 0.637. The Hall–Kier alpha value is -4.79. The quantitative estimate of drug-likeness (QED) is 0.289. The third-order valence-corrected chi connectivity index (χ3v) is 9.39. The number of aryl methyl sites for hydroxylation is 1. The molecule has 0 unspecified atom stereocenters. The van der Waals surface area contributed by atoms with Gasteiger partial charge >= 0.3 is 18.0 Å². The monoisotopic (exact) mass is 591 g/mol. The molecule has 4 amide bonds. The fraction of sp³-hybridized carbons (Fsp3) is 0.343. The van der Waals surface area contributed by atoms with Gasteiger partial charge in [-0.05, 0) is 68.0 Å². The van der Waals surface area contributed by atoms with Gasteiger partial charge in [0, 0.05) is 43.3 Å². The lowest BCUT2D eigenvalue weighted by atomic mass is 9.86. The molecular formula is C35H37N5O4. The normalized spacial score (nSPS) is 21.2. The van der Waals surface area contributed by atoms with Crippen molar-refractivity contribution in [1.82, 2.24) is 19.3 Å². The predicted octanol–water partition coefficient (Wildman–Crippen LogP) is 6.21. The topological polar surface area (TPSA) is 89.3 Å². The largest absolute Gasteiger partial charge is 0.480 e. The second-order valence-corrected chi connectivity index (χ2v) is 12.2. The summed E-state index contributed by atoms with van der Waals surface area (Å²) >= 11 is 0. The second-order valence-electron chi connectivity index (χ2n) is 12.2. The van der Waals surface area contributed by atoms with E-state index in [0.717, 1.165) is 42.1 Å². The number of piperidine rings is 1. The lowest BCUT2D eigenvalue weighted by molar-refractivity contribution is -0.148. The minimum absolute atomic E-state index is 0.114. The van der Waals surface area contributed by atoms with Crippen LogP contribution in [0.5, 0.6) is 0 Å². The van der Waals surface area contributed by atoms with Crippen molar-refractivity contribution in [2.75, 3.05) is 11.4 Å². The highest BCUT2D eigenvalue weighted by Crippen LogP contribution is 2.39. The maximum Gasteiger partial charge on any atom is 0.329 e. The number of hydrogen-bond donors (Lipinski definition) is 1.